The molecule has 0 unspecified atom stereocenters. The molecule has 0 atom stereocenters. The van der Waals surface area contributed by atoms with Crippen LogP contribution in [0.25, 0.3) is 6.08 Å². The van der Waals surface area contributed by atoms with Crippen molar-refractivity contribution < 1.29 is 14.4 Å². The van der Waals surface area contributed by atoms with Crippen LogP contribution < -0.4 is 0 Å². The van der Waals surface area contributed by atoms with Gasteiger partial charge in [0.25, 0.3) is 11.1 Å². The van der Waals surface area contributed by atoms with Gasteiger partial charge in [0.2, 0.25) is 5.91 Å². The van der Waals surface area contributed by atoms with Gasteiger partial charge in [0.15, 0.2) is 0 Å². The van der Waals surface area contributed by atoms with Gasteiger partial charge < -0.3 is 4.90 Å². The third-order valence-corrected chi connectivity index (χ3v) is 4.89. The number of carbonyl (C=O) groups is 3. The Kier molecular flexibility index (Phi) is 5.15. The molecule has 24 heavy (non-hydrogen) atoms. The lowest BCUT2D eigenvalue weighted by atomic mass is 10.2. The predicted molar refractivity (Wildman–Crippen MR) is 94.1 cm³/mol. The first-order chi connectivity index (χ1) is 11.6. The maximum absolute atomic E-state index is 12.3. The van der Waals surface area contributed by atoms with Crippen LogP contribution in [0, 0.1) is 0 Å². The van der Waals surface area contributed by atoms with E-state index in [4.69, 9.17) is 0 Å². The summed E-state index contributed by atoms with van der Waals surface area (Å²) in [5, 5.41) is -0.382. The quantitative estimate of drug-likeness (QED) is 0.790. The summed E-state index contributed by atoms with van der Waals surface area (Å²) >= 11 is 0.878. The fourth-order valence-corrected chi connectivity index (χ4v) is 3.45. The highest BCUT2D eigenvalue weighted by Gasteiger charge is 2.37. The molecule has 0 aromatic heterocycles. The third kappa shape index (κ3) is 3.76. The van der Waals surface area contributed by atoms with Crippen molar-refractivity contribution in [1.29, 1.82) is 0 Å². The first kappa shape index (κ1) is 16.5. The molecule has 0 radical (unpaired) electrons. The normalized spacial score (nSPS) is 19.9. The summed E-state index contributed by atoms with van der Waals surface area (Å²) in [7, 11) is 0. The van der Waals surface area contributed by atoms with E-state index in [1.165, 1.54) is 0 Å². The minimum Gasteiger partial charge on any atom is -0.341 e. The predicted octanol–water partition coefficient (Wildman–Crippen LogP) is 2.90. The minimum atomic E-state index is -0.393. The zero-order chi connectivity index (χ0) is 16.9. The number of benzene rings is 1. The van der Waals surface area contributed by atoms with Crippen LogP contribution in [0.5, 0.6) is 0 Å². The molecular weight excluding hydrogens is 324 g/mol. The van der Waals surface area contributed by atoms with E-state index in [0.29, 0.717) is 18.0 Å². The molecule has 0 spiro atoms. The highest BCUT2D eigenvalue weighted by Crippen LogP contribution is 2.30. The molecule has 2 aliphatic rings. The average Bonchev–Trinajstić information content (AvgIpc) is 3.21. The smallest absolute Gasteiger partial charge is 0.294 e. The maximum atomic E-state index is 12.3. The van der Waals surface area contributed by atoms with Crippen LogP contribution in [-0.2, 0) is 9.59 Å². The number of allylic oxidation sites excluding steroid dienone is 2. The van der Waals surface area contributed by atoms with Gasteiger partial charge in [-0.15, -0.1) is 0 Å². The fourth-order valence-electron chi connectivity index (χ4n) is 2.66. The molecule has 0 saturated carbocycles. The third-order valence-electron chi connectivity index (χ3n) is 3.96. The lowest BCUT2D eigenvalue weighted by molar-refractivity contribution is -0.135. The summed E-state index contributed by atoms with van der Waals surface area (Å²) in [5.74, 6) is -0.550. The van der Waals surface area contributed by atoms with E-state index >= 15 is 0 Å². The first-order valence-corrected chi connectivity index (χ1v) is 8.71. The number of hydrogen-bond acceptors (Lipinski definition) is 4. The van der Waals surface area contributed by atoms with Gasteiger partial charge in [-0.1, -0.05) is 42.5 Å². The average molecular weight is 342 g/mol. The topological polar surface area (TPSA) is 57.7 Å². The van der Waals surface area contributed by atoms with Crippen molar-refractivity contribution >= 4 is 34.9 Å². The van der Waals surface area contributed by atoms with E-state index in [2.05, 4.69) is 0 Å². The molecule has 6 heteroatoms. The van der Waals surface area contributed by atoms with Gasteiger partial charge in [0, 0.05) is 13.1 Å². The molecule has 3 rings (SSSR count). The van der Waals surface area contributed by atoms with Crippen LogP contribution in [-0.4, -0.2) is 46.5 Å². The standard InChI is InChI=1S/C18H18N2O3S/c21-16(19-11-4-5-12-19)13-20-17(22)15(24-18(20)23)10-6-9-14-7-2-1-3-8-14/h1-3,6-10H,4-5,11-13H2/b9-6+,15-10-. The summed E-state index contributed by atoms with van der Waals surface area (Å²) in [6, 6.07) is 9.69. The lowest BCUT2D eigenvalue weighted by Crippen LogP contribution is -2.40. The van der Waals surface area contributed by atoms with Crippen LogP contribution in [0.15, 0.2) is 47.4 Å². The number of thioether (sulfide) groups is 1. The van der Waals surface area contributed by atoms with E-state index < -0.39 is 5.91 Å². The van der Waals surface area contributed by atoms with Crippen molar-refractivity contribution in [2.45, 2.75) is 12.8 Å². The van der Waals surface area contributed by atoms with E-state index in [-0.39, 0.29) is 17.7 Å². The zero-order valence-electron chi connectivity index (χ0n) is 13.2. The second-order valence-corrected chi connectivity index (χ2v) is 6.64. The van der Waals surface area contributed by atoms with Gasteiger partial charge >= 0.3 is 0 Å². The largest absolute Gasteiger partial charge is 0.341 e. The molecule has 2 aliphatic heterocycles. The Morgan fingerprint density at radius 1 is 1.12 bits per heavy atom. The van der Waals surface area contributed by atoms with Crippen molar-refractivity contribution in [3.8, 4) is 0 Å². The van der Waals surface area contributed by atoms with Crippen LogP contribution >= 0.6 is 11.8 Å². The van der Waals surface area contributed by atoms with Gasteiger partial charge in [0.1, 0.15) is 6.54 Å². The molecule has 3 amide bonds. The molecule has 124 valence electrons. The number of rotatable bonds is 4. The van der Waals surface area contributed by atoms with Gasteiger partial charge in [-0.25, -0.2) is 0 Å². The molecule has 5 nitrogen and oxygen atoms in total. The van der Waals surface area contributed by atoms with E-state index in [9.17, 15) is 14.4 Å². The molecule has 2 saturated heterocycles. The van der Waals surface area contributed by atoms with Crippen molar-refractivity contribution in [3.05, 3.63) is 53.0 Å². The summed E-state index contributed by atoms with van der Waals surface area (Å²) in [6.07, 6.45) is 7.20. The van der Waals surface area contributed by atoms with E-state index in [0.717, 1.165) is 35.1 Å². The summed E-state index contributed by atoms with van der Waals surface area (Å²) in [6.45, 7) is 1.26. The highest BCUT2D eigenvalue weighted by atomic mass is 32.2. The van der Waals surface area contributed by atoms with Gasteiger partial charge in [0.05, 0.1) is 4.91 Å². The van der Waals surface area contributed by atoms with Gasteiger partial charge in [-0.05, 0) is 36.2 Å². The second-order valence-electron chi connectivity index (χ2n) is 5.65. The second kappa shape index (κ2) is 7.49. The Labute approximate surface area is 145 Å². The van der Waals surface area contributed by atoms with Crippen LogP contribution in [0.4, 0.5) is 4.79 Å². The zero-order valence-corrected chi connectivity index (χ0v) is 14.0. The number of nitrogens with zero attached hydrogens (tertiary/aromatic N) is 2. The maximum Gasteiger partial charge on any atom is 0.294 e. The Balaban J connectivity index is 1.64. The van der Waals surface area contributed by atoms with Crippen molar-refractivity contribution in [1.82, 2.24) is 9.80 Å². The van der Waals surface area contributed by atoms with Crippen molar-refractivity contribution in [2.75, 3.05) is 19.6 Å². The molecule has 0 bridgehead atoms. The van der Waals surface area contributed by atoms with E-state index in [1.54, 1.807) is 17.1 Å². The molecular formula is C18H18N2O3S. The van der Waals surface area contributed by atoms with Crippen LogP contribution in [0.2, 0.25) is 0 Å². The summed E-state index contributed by atoms with van der Waals surface area (Å²) in [4.78, 5) is 39.6. The molecule has 1 aromatic carbocycles. The molecule has 1 aromatic rings. The Bertz CT molecular complexity index is 706. The Morgan fingerprint density at radius 2 is 1.83 bits per heavy atom. The summed E-state index contributed by atoms with van der Waals surface area (Å²) in [5.41, 5.74) is 1.01. The molecule has 0 aliphatic carbocycles. The molecule has 0 N–H and O–H groups in total. The minimum absolute atomic E-state index is 0.157. The lowest BCUT2D eigenvalue weighted by Gasteiger charge is -2.18. The highest BCUT2D eigenvalue weighted by molar-refractivity contribution is 8.18. The number of likely N-dealkylation sites (tertiary alicyclic amines) is 1. The van der Waals surface area contributed by atoms with Gasteiger partial charge in [-0.3, -0.25) is 19.3 Å². The van der Waals surface area contributed by atoms with Crippen LogP contribution in [0.3, 0.4) is 0 Å². The first-order valence-electron chi connectivity index (χ1n) is 7.90. The van der Waals surface area contributed by atoms with Crippen molar-refractivity contribution in [2.24, 2.45) is 0 Å². The molecule has 2 heterocycles. The fraction of sp³-hybridized carbons (Fsp3) is 0.278. The number of imide groups is 1. The Morgan fingerprint density at radius 3 is 2.54 bits per heavy atom. The Hall–Kier alpha value is -2.34. The number of hydrogen-bond donors (Lipinski definition) is 0. The van der Waals surface area contributed by atoms with Gasteiger partial charge in [-0.2, -0.15) is 0 Å². The SMILES string of the molecule is O=C(CN1C(=O)S/C(=C\C=C\c2ccccc2)C1=O)N1CCCC1. The van der Waals surface area contributed by atoms with E-state index in [1.807, 2.05) is 36.4 Å². The number of carbonyl (C=O) groups excluding carboxylic acids is 3. The van der Waals surface area contributed by atoms with Crippen molar-refractivity contribution in [3.63, 3.8) is 0 Å². The summed E-state index contributed by atoms with van der Waals surface area (Å²) < 4.78 is 0. The number of amides is 3. The van der Waals surface area contributed by atoms with Crippen LogP contribution in [0.1, 0.15) is 18.4 Å². The monoisotopic (exact) mass is 342 g/mol. The molecule has 2 fully saturated rings.